The molecule has 0 spiro atoms. The monoisotopic (exact) mass is 423 g/mol. The average molecular weight is 424 g/mol. The van der Waals surface area contributed by atoms with Crippen molar-refractivity contribution in [2.75, 3.05) is 45.2 Å². The fourth-order valence-electron chi connectivity index (χ4n) is 4.11. The molecule has 3 rings (SSSR count). The number of aliphatic imine (C=N–C) groups is 1. The van der Waals surface area contributed by atoms with Crippen LogP contribution in [0.4, 0.5) is 5.69 Å². The van der Waals surface area contributed by atoms with Gasteiger partial charge in [-0.25, -0.2) is 0 Å². The summed E-state index contributed by atoms with van der Waals surface area (Å²) in [6, 6.07) is 17.4. The zero-order valence-corrected chi connectivity index (χ0v) is 19.4. The Balaban J connectivity index is 1.52. The molecule has 2 aromatic carbocycles. The predicted octanol–water partition coefficient (Wildman–Crippen LogP) is 3.48. The zero-order chi connectivity index (χ0) is 22.1. The molecule has 6 heteroatoms. The molecule has 1 saturated heterocycles. The number of nitrogens with zero attached hydrogens (tertiary/aromatic N) is 3. The smallest absolute Gasteiger partial charge is 0.191 e. The number of benzene rings is 2. The number of nitrogens with one attached hydrogen (secondary N) is 2. The first-order valence-corrected chi connectivity index (χ1v) is 11.3. The summed E-state index contributed by atoms with van der Waals surface area (Å²) < 4.78 is 5.53. The minimum atomic E-state index is 0.352. The summed E-state index contributed by atoms with van der Waals surface area (Å²) in [5.74, 6) is 1.77. The van der Waals surface area contributed by atoms with Crippen LogP contribution in [0.15, 0.2) is 53.5 Å². The lowest BCUT2D eigenvalue weighted by Gasteiger charge is -2.22. The van der Waals surface area contributed by atoms with E-state index in [1.165, 1.54) is 11.1 Å². The maximum atomic E-state index is 5.53. The summed E-state index contributed by atoms with van der Waals surface area (Å²) in [7, 11) is 3.56. The van der Waals surface area contributed by atoms with Crippen molar-refractivity contribution in [2.45, 2.75) is 39.4 Å². The standard InChI is InChI=1S/C25H37N5O/c1-5-29(6-2)18-21-11-9-10-20(16-21)17-27-25(26-3)28-22-14-15-30(19-22)23-12-7-8-13-24(23)31-4/h7-13,16,22H,5-6,14-15,17-19H2,1-4H3,(H2,26,27,28). The Hall–Kier alpha value is -2.73. The van der Waals surface area contributed by atoms with Crippen molar-refractivity contribution in [3.8, 4) is 5.75 Å². The van der Waals surface area contributed by atoms with Crippen molar-refractivity contribution in [1.82, 2.24) is 15.5 Å². The molecular formula is C25H37N5O. The second-order valence-corrected chi connectivity index (χ2v) is 7.95. The summed E-state index contributed by atoms with van der Waals surface area (Å²) in [5.41, 5.74) is 3.78. The van der Waals surface area contributed by atoms with E-state index >= 15 is 0 Å². The minimum absolute atomic E-state index is 0.352. The average Bonchev–Trinajstić information content (AvgIpc) is 3.28. The molecule has 0 bridgehead atoms. The highest BCUT2D eigenvalue weighted by Gasteiger charge is 2.25. The van der Waals surface area contributed by atoms with Gasteiger partial charge in [0.25, 0.3) is 0 Å². The van der Waals surface area contributed by atoms with Gasteiger partial charge in [0, 0.05) is 39.3 Å². The molecule has 1 atom stereocenters. The highest BCUT2D eigenvalue weighted by atomic mass is 16.5. The lowest BCUT2D eigenvalue weighted by molar-refractivity contribution is 0.296. The van der Waals surface area contributed by atoms with Gasteiger partial charge in [-0.15, -0.1) is 0 Å². The number of guanidine groups is 1. The predicted molar refractivity (Wildman–Crippen MR) is 130 cm³/mol. The Kier molecular flexibility index (Phi) is 8.59. The van der Waals surface area contributed by atoms with Gasteiger partial charge in [-0.1, -0.05) is 50.2 Å². The molecule has 6 nitrogen and oxygen atoms in total. The number of anilines is 1. The fraction of sp³-hybridized carbons (Fsp3) is 0.480. The summed E-state index contributed by atoms with van der Waals surface area (Å²) in [6.45, 7) is 10.3. The quantitative estimate of drug-likeness (QED) is 0.478. The van der Waals surface area contributed by atoms with Crippen LogP contribution in [0.25, 0.3) is 0 Å². The fourth-order valence-corrected chi connectivity index (χ4v) is 4.11. The van der Waals surface area contributed by atoms with Crippen molar-refractivity contribution in [2.24, 2.45) is 4.99 Å². The summed E-state index contributed by atoms with van der Waals surface area (Å²) in [6.07, 6.45) is 1.07. The van der Waals surface area contributed by atoms with Gasteiger partial charge in [-0.3, -0.25) is 9.89 Å². The van der Waals surface area contributed by atoms with Crippen LogP contribution in [0.3, 0.4) is 0 Å². The van der Waals surface area contributed by atoms with Crippen LogP contribution in [-0.2, 0) is 13.1 Å². The Morgan fingerprint density at radius 1 is 1.13 bits per heavy atom. The highest BCUT2D eigenvalue weighted by Crippen LogP contribution is 2.30. The van der Waals surface area contributed by atoms with Crippen LogP contribution >= 0.6 is 0 Å². The number of hydrogen-bond acceptors (Lipinski definition) is 4. The van der Waals surface area contributed by atoms with Gasteiger partial charge in [-0.05, 0) is 42.8 Å². The number of methoxy groups -OCH3 is 1. The topological polar surface area (TPSA) is 52.1 Å². The van der Waals surface area contributed by atoms with E-state index in [2.05, 4.69) is 75.7 Å². The van der Waals surface area contributed by atoms with Crippen LogP contribution in [0, 0.1) is 0 Å². The lowest BCUT2D eigenvalue weighted by Crippen LogP contribution is -2.44. The Morgan fingerprint density at radius 3 is 2.65 bits per heavy atom. The van der Waals surface area contributed by atoms with E-state index in [9.17, 15) is 0 Å². The molecule has 2 N–H and O–H groups in total. The van der Waals surface area contributed by atoms with Crippen LogP contribution in [-0.4, -0.2) is 57.2 Å². The first-order chi connectivity index (χ1) is 15.2. The van der Waals surface area contributed by atoms with Gasteiger partial charge < -0.3 is 20.3 Å². The molecule has 1 unspecified atom stereocenters. The molecule has 168 valence electrons. The summed E-state index contributed by atoms with van der Waals surface area (Å²) in [4.78, 5) is 9.25. The Labute approximate surface area is 187 Å². The van der Waals surface area contributed by atoms with Crippen LogP contribution in [0.5, 0.6) is 5.75 Å². The van der Waals surface area contributed by atoms with Crippen LogP contribution < -0.4 is 20.3 Å². The molecular weight excluding hydrogens is 386 g/mol. The first kappa shape index (κ1) is 22.9. The van der Waals surface area contributed by atoms with Crippen molar-refractivity contribution in [3.63, 3.8) is 0 Å². The van der Waals surface area contributed by atoms with E-state index in [0.717, 1.165) is 63.1 Å². The molecule has 2 aromatic rings. The van der Waals surface area contributed by atoms with Gasteiger partial charge in [0.2, 0.25) is 0 Å². The molecule has 0 amide bonds. The Bertz CT molecular complexity index is 849. The van der Waals surface area contributed by atoms with E-state index in [4.69, 9.17) is 4.74 Å². The third kappa shape index (κ3) is 6.37. The second-order valence-electron chi connectivity index (χ2n) is 7.95. The summed E-state index contributed by atoms with van der Waals surface area (Å²) in [5, 5.41) is 7.07. The molecule has 31 heavy (non-hydrogen) atoms. The van der Waals surface area contributed by atoms with Crippen LogP contribution in [0.1, 0.15) is 31.4 Å². The molecule has 0 aliphatic carbocycles. The van der Waals surface area contributed by atoms with E-state index in [0.29, 0.717) is 6.04 Å². The number of ether oxygens (including phenoxy) is 1. The van der Waals surface area contributed by atoms with E-state index < -0.39 is 0 Å². The second kappa shape index (κ2) is 11.6. The molecule has 0 aromatic heterocycles. The van der Waals surface area contributed by atoms with Crippen molar-refractivity contribution in [1.29, 1.82) is 0 Å². The van der Waals surface area contributed by atoms with Crippen molar-refractivity contribution >= 4 is 11.6 Å². The zero-order valence-electron chi connectivity index (χ0n) is 19.4. The molecule has 0 radical (unpaired) electrons. The van der Waals surface area contributed by atoms with E-state index in [1.54, 1.807) is 7.11 Å². The first-order valence-electron chi connectivity index (χ1n) is 11.3. The van der Waals surface area contributed by atoms with Crippen molar-refractivity contribution in [3.05, 3.63) is 59.7 Å². The molecule has 1 aliphatic heterocycles. The molecule has 1 aliphatic rings. The number of hydrogen-bond donors (Lipinski definition) is 2. The molecule has 0 saturated carbocycles. The lowest BCUT2D eigenvalue weighted by atomic mass is 10.1. The molecule has 1 fully saturated rings. The SMILES string of the molecule is CCN(CC)Cc1cccc(CNC(=NC)NC2CCN(c3ccccc3OC)C2)c1. The normalized spacial score (nSPS) is 16.6. The van der Waals surface area contributed by atoms with Crippen LogP contribution in [0.2, 0.25) is 0 Å². The highest BCUT2D eigenvalue weighted by molar-refractivity contribution is 5.80. The summed E-state index contributed by atoms with van der Waals surface area (Å²) >= 11 is 0. The largest absolute Gasteiger partial charge is 0.495 e. The van der Waals surface area contributed by atoms with E-state index in [1.807, 2.05) is 19.2 Å². The van der Waals surface area contributed by atoms with Gasteiger partial charge in [-0.2, -0.15) is 0 Å². The minimum Gasteiger partial charge on any atom is -0.495 e. The Morgan fingerprint density at radius 2 is 1.90 bits per heavy atom. The maximum Gasteiger partial charge on any atom is 0.191 e. The van der Waals surface area contributed by atoms with Gasteiger partial charge in [0.15, 0.2) is 5.96 Å². The number of para-hydroxylation sites is 2. The maximum absolute atomic E-state index is 5.53. The van der Waals surface area contributed by atoms with E-state index in [-0.39, 0.29) is 0 Å². The van der Waals surface area contributed by atoms with Gasteiger partial charge in [0.1, 0.15) is 5.75 Å². The van der Waals surface area contributed by atoms with Gasteiger partial charge >= 0.3 is 0 Å². The number of rotatable bonds is 9. The third-order valence-electron chi connectivity index (χ3n) is 5.93. The third-order valence-corrected chi connectivity index (χ3v) is 5.93. The van der Waals surface area contributed by atoms with Gasteiger partial charge in [0.05, 0.1) is 12.8 Å². The van der Waals surface area contributed by atoms with Crippen molar-refractivity contribution < 1.29 is 4.74 Å². The molecule has 1 heterocycles.